The maximum absolute atomic E-state index is 13.7. The summed E-state index contributed by atoms with van der Waals surface area (Å²) in [4.78, 5) is 11.4. The van der Waals surface area contributed by atoms with E-state index in [-0.39, 0.29) is 5.82 Å². The monoisotopic (exact) mass is 314 g/mol. The van der Waals surface area contributed by atoms with Crippen LogP contribution in [-0.2, 0) is 6.54 Å². The molecule has 0 amide bonds. The van der Waals surface area contributed by atoms with Gasteiger partial charge in [-0.3, -0.25) is 0 Å². The number of anilines is 2. The Kier molecular flexibility index (Phi) is 4.74. The lowest BCUT2D eigenvalue weighted by Gasteiger charge is -2.31. The van der Waals surface area contributed by atoms with Crippen molar-refractivity contribution >= 4 is 11.8 Å². The minimum Gasteiger partial charge on any atom is -0.366 e. The zero-order valence-corrected chi connectivity index (χ0v) is 13.7. The first kappa shape index (κ1) is 15.7. The maximum Gasteiger partial charge on any atom is 0.227 e. The van der Waals surface area contributed by atoms with Gasteiger partial charge in [-0.2, -0.15) is 4.98 Å². The van der Waals surface area contributed by atoms with Gasteiger partial charge in [-0.1, -0.05) is 25.1 Å². The van der Waals surface area contributed by atoms with Crippen molar-refractivity contribution in [2.24, 2.45) is 5.92 Å². The molecule has 3 rings (SSSR count). The van der Waals surface area contributed by atoms with Gasteiger partial charge in [-0.05, 0) is 31.7 Å². The third-order valence-electron chi connectivity index (χ3n) is 4.20. The van der Waals surface area contributed by atoms with Crippen molar-refractivity contribution in [3.8, 4) is 0 Å². The Morgan fingerprint density at radius 3 is 2.91 bits per heavy atom. The number of aryl methyl sites for hydroxylation is 1. The van der Waals surface area contributed by atoms with E-state index in [2.05, 4.69) is 27.1 Å². The quantitative estimate of drug-likeness (QED) is 0.932. The topological polar surface area (TPSA) is 41.1 Å². The van der Waals surface area contributed by atoms with Gasteiger partial charge in [0.1, 0.15) is 11.6 Å². The molecule has 0 radical (unpaired) electrons. The molecule has 2 heterocycles. The molecule has 1 atom stereocenters. The van der Waals surface area contributed by atoms with Crippen LogP contribution in [0.4, 0.5) is 16.2 Å². The van der Waals surface area contributed by atoms with E-state index in [9.17, 15) is 4.39 Å². The number of piperidine rings is 1. The molecule has 0 saturated carbocycles. The van der Waals surface area contributed by atoms with Gasteiger partial charge in [0.05, 0.1) is 0 Å². The van der Waals surface area contributed by atoms with E-state index in [1.807, 2.05) is 19.1 Å². The Morgan fingerprint density at radius 2 is 2.13 bits per heavy atom. The predicted octanol–water partition coefficient (Wildman–Crippen LogP) is 3.77. The molecule has 1 N–H and O–H groups in total. The van der Waals surface area contributed by atoms with Gasteiger partial charge in [0.2, 0.25) is 5.95 Å². The minimum atomic E-state index is -0.198. The highest BCUT2D eigenvalue weighted by Gasteiger charge is 2.19. The summed E-state index contributed by atoms with van der Waals surface area (Å²) in [6.07, 6.45) is 2.44. The summed E-state index contributed by atoms with van der Waals surface area (Å²) >= 11 is 0. The first-order valence-electron chi connectivity index (χ1n) is 8.20. The van der Waals surface area contributed by atoms with Crippen LogP contribution in [0.5, 0.6) is 0 Å². The second kappa shape index (κ2) is 6.94. The Bertz CT molecular complexity index is 674. The number of nitrogens with zero attached hydrogens (tertiary/aromatic N) is 3. The van der Waals surface area contributed by atoms with Crippen LogP contribution in [-0.4, -0.2) is 23.1 Å². The molecule has 1 saturated heterocycles. The number of hydrogen-bond donors (Lipinski definition) is 1. The second-order valence-corrected chi connectivity index (χ2v) is 6.33. The van der Waals surface area contributed by atoms with Crippen LogP contribution >= 0.6 is 0 Å². The van der Waals surface area contributed by atoms with Crippen LogP contribution in [0.1, 0.15) is 31.0 Å². The molecule has 0 spiro atoms. The Balaban J connectivity index is 1.74. The Hall–Kier alpha value is -2.17. The molecular weight excluding hydrogens is 291 g/mol. The molecule has 2 aromatic rings. The van der Waals surface area contributed by atoms with Crippen LogP contribution in [0.15, 0.2) is 30.3 Å². The van der Waals surface area contributed by atoms with Crippen molar-refractivity contribution in [3.63, 3.8) is 0 Å². The summed E-state index contributed by atoms with van der Waals surface area (Å²) in [7, 11) is 0. The van der Waals surface area contributed by atoms with Gasteiger partial charge in [-0.15, -0.1) is 0 Å². The number of benzene rings is 1. The highest BCUT2D eigenvalue weighted by atomic mass is 19.1. The van der Waals surface area contributed by atoms with Crippen LogP contribution in [0.3, 0.4) is 0 Å². The van der Waals surface area contributed by atoms with Gasteiger partial charge in [0.25, 0.3) is 0 Å². The molecule has 5 heteroatoms. The van der Waals surface area contributed by atoms with Crippen molar-refractivity contribution in [1.82, 2.24) is 9.97 Å². The zero-order valence-electron chi connectivity index (χ0n) is 13.7. The number of halogens is 1. The van der Waals surface area contributed by atoms with E-state index >= 15 is 0 Å². The van der Waals surface area contributed by atoms with E-state index in [0.717, 1.165) is 30.5 Å². The lowest BCUT2D eigenvalue weighted by atomic mass is 10.0. The van der Waals surface area contributed by atoms with Gasteiger partial charge in [0, 0.05) is 37.0 Å². The molecule has 1 aliphatic heterocycles. The van der Waals surface area contributed by atoms with E-state index < -0.39 is 0 Å². The molecular formula is C18H23FN4. The largest absolute Gasteiger partial charge is 0.366 e. The molecule has 1 aromatic heterocycles. The molecule has 4 nitrogen and oxygen atoms in total. The predicted molar refractivity (Wildman–Crippen MR) is 91.1 cm³/mol. The zero-order chi connectivity index (χ0) is 16.2. The summed E-state index contributed by atoms with van der Waals surface area (Å²) in [5.41, 5.74) is 1.56. The number of nitrogens with one attached hydrogen (secondary N) is 1. The summed E-state index contributed by atoms with van der Waals surface area (Å²) < 4.78 is 13.7. The fraction of sp³-hybridized carbons (Fsp3) is 0.444. The SMILES string of the molecule is Cc1cc(NCc2ccccc2F)nc(N2CCCC(C)C2)n1. The fourth-order valence-corrected chi connectivity index (χ4v) is 2.98. The maximum atomic E-state index is 13.7. The van der Waals surface area contributed by atoms with E-state index in [1.54, 1.807) is 12.1 Å². The first-order chi connectivity index (χ1) is 11.1. The number of aromatic nitrogens is 2. The molecule has 1 fully saturated rings. The average molecular weight is 314 g/mol. The second-order valence-electron chi connectivity index (χ2n) is 6.33. The fourth-order valence-electron chi connectivity index (χ4n) is 2.98. The molecule has 0 aliphatic carbocycles. The van der Waals surface area contributed by atoms with Gasteiger partial charge < -0.3 is 10.2 Å². The third-order valence-corrected chi connectivity index (χ3v) is 4.20. The molecule has 122 valence electrons. The smallest absolute Gasteiger partial charge is 0.227 e. The van der Waals surface area contributed by atoms with Crippen molar-refractivity contribution in [1.29, 1.82) is 0 Å². The standard InChI is InChI=1S/C18H23FN4/c1-13-6-5-9-23(12-13)18-21-14(2)10-17(22-18)20-11-15-7-3-4-8-16(15)19/h3-4,7-8,10,13H,5-6,9,11-12H2,1-2H3,(H,20,21,22). The summed E-state index contributed by atoms with van der Waals surface area (Å²) in [5.74, 6) is 1.99. The van der Waals surface area contributed by atoms with Crippen molar-refractivity contribution in [2.45, 2.75) is 33.2 Å². The van der Waals surface area contributed by atoms with E-state index in [1.165, 1.54) is 18.9 Å². The molecule has 0 bridgehead atoms. The van der Waals surface area contributed by atoms with Crippen LogP contribution in [0, 0.1) is 18.7 Å². The highest BCUT2D eigenvalue weighted by Crippen LogP contribution is 2.22. The van der Waals surface area contributed by atoms with Crippen LogP contribution < -0.4 is 10.2 Å². The normalized spacial score (nSPS) is 18.0. The van der Waals surface area contributed by atoms with Crippen molar-refractivity contribution in [2.75, 3.05) is 23.3 Å². The van der Waals surface area contributed by atoms with Crippen LogP contribution in [0.2, 0.25) is 0 Å². The van der Waals surface area contributed by atoms with E-state index in [0.29, 0.717) is 18.0 Å². The minimum absolute atomic E-state index is 0.198. The first-order valence-corrected chi connectivity index (χ1v) is 8.20. The van der Waals surface area contributed by atoms with Gasteiger partial charge in [0.15, 0.2) is 0 Å². The van der Waals surface area contributed by atoms with Gasteiger partial charge in [-0.25, -0.2) is 9.37 Å². The van der Waals surface area contributed by atoms with Crippen LogP contribution in [0.25, 0.3) is 0 Å². The summed E-state index contributed by atoms with van der Waals surface area (Å²) in [5, 5.41) is 3.22. The average Bonchev–Trinajstić information content (AvgIpc) is 2.54. The Labute approximate surface area is 136 Å². The lowest BCUT2D eigenvalue weighted by Crippen LogP contribution is -2.35. The van der Waals surface area contributed by atoms with Gasteiger partial charge >= 0.3 is 0 Å². The summed E-state index contributed by atoms with van der Waals surface area (Å²) in [6.45, 7) is 6.64. The lowest BCUT2D eigenvalue weighted by molar-refractivity contribution is 0.442. The van der Waals surface area contributed by atoms with E-state index in [4.69, 9.17) is 0 Å². The molecule has 23 heavy (non-hydrogen) atoms. The summed E-state index contributed by atoms with van der Waals surface area (Å²) in [6, 6.07) is 8.69. The Morgan fingerprint density at radius 1 is 1.30 bits per heavy atom. The molecule has 1 aliphatic rings. The van der Waals surface area contributed by atoms with Crippen molar-refractivity contribution in [3.05, 3.63) is 47.4 Å². The third kappa shape index (κ3) is 3.97. The number of hydrogen-bond acceptors (Lipinski definition) is 4. The highest BCUT2D eigenvalue weighted by molar-refractivity contribution is 5.44. The number of rotatable bonds is 4. The molecule has 1 aromatic carbocycles. The van der Waals surface area contributed by atoms with Crippen molar-refractivity contribution < 1.29 is 4.39 Å². The molecule has 1 unspecified atom stereocenters.